The number of nitrogens with one attached hydrogen (secondary N) is 1. The van der Waals surface area contributed by atoms with Crippen molar-refractivity contribution < 1.29 is 14.7 Å². The van der Waals surface area contributed by atoms with Gasteiger partial charge >= 0.3 is 6.09 Å². The molecule has 0 atom stereocenters. The molecule has 1 aromatic heterocycles. The second-order valence-electron chi connectivity index (χ2n) is 5.30. The summed E-state index contributed by atoms with van der Waals surface area (Å²) < 4.78 is 1.68. The normalized spacial score (nSPS) is 13.2. The van der Waals surface area contributed by atoms with Crippen molar-refractivity contribution in [2.24, 2.45) is 0 Å². The van der Waals surface area contributed by atoms with Crippen molar-refractivity contribution in [3.63, 3.8) is 0 Å². The van der Waals surface area contributed by atoms with E-state index < -0.39 is 6.09 Å². The summed E-state index contributed by atoms with van der Waals surface area (Å²) in [6.45, 7) is 0.465. The van der Waals surface area contributed by atoms with Gasteiger partial charge in [-0.1, -0.05) is 12.1 Å². The number of nitrogens with zero attached hydrogens (tertiary/aromatic N) is 3. The molecule has 2 heterocycles. The van der Waals surface area contributed by atoms with Gasteiger partial charge in [-0.3, -0.25) is 9.69 Å². The van der Waals surface area contributed by atoms with Crippen LogP contribution in [0, 0.1) is 0 Å². The van der Waals surface area contributed by atoms with Crippen molar-refractivity contribution in [2.75, 3.05) is 23.7 Å². The van der Waals surface area contributed by atoms with Gasteiger partial charge in [-0.15, -0.1) is 0 Å². The fraction of sp³-hybridized carbons (Fsp3) is 0.188. The number of nitrogen functional groups attached to an aromatic ring is 1. The van der Waals surface area contributed by atoms with E-state index in [0.29, 0.717) is 18.1 Å². The van der Waals surface area contributed by atoms with Gasteiger partial charge in [0.15, 0.2) is 0 Å². The highest BCUT2D eigenvalue weighted by Crippen LogP contribution is 2.28. The highest BCUT2D eigenvalue weighted by molar-refractivity contribution is 5.95. The minimum absolute atomic E-state index is 0.0740. The van der Waals surface area contributed by atoms with E-state index in [-0.39, 0.29) is 18.9 Å². The Bertz CT molecular complexity index is 812. The summed E-state index contributed by atoms with van der Waals surface area (Å²) >= 11 is 0. The smallest absolute Gasteiger partial charge is 0.404 e. The number of aromatic nitrogens is 2. The lowest BCUT2D eigenvalue weighted by Crippen LogP contribution is -2.37. The predicted molar refractivity (Wildman–Crippen MR) is 89.5 cm³/mol. The fourth-order valence-corrected chi connectivity index (χ4v) is 2.62. The molecule has 8 heteroatoms. The Balaban J connectivity index is 1.82. The molecule has 2 aromatic rings. The van der Waals surface area contributed by atoms with Crippen molar-refractivity contribution in [1.29, 1.82) is 0 Å². The maximum atomic E-state index is 12.3. The van der Waals surface area contributed by atoms with Gasteiger partial charge < -0.3 is 16.2 Å². The van der Waals surface area contributed by atoms with E-state index in [1.54, 1.807) is 21.8 Å². The van der Waals surface area contributed by atoms with E-state index >= 15 is 0 Å². The van der Waals surface area contributed by atoms with Crippen LogP contribution in [0.1, 0.15) is 12.0 Å². The van der Waals surface area contributed by atoms with E-state index in [9.17, 15) is 9.59 Å². The first kappa shape index (κ1) is 15.6. The third-order valence-electron chi connectivity index (χ3n) is 3.69. The number of fused-ring (bicyclic) bond motifs is 1. The second kappa shape index (κ2) is 6.45. The number of hydrogen-bond donors (Lipinski definition) is 3. The maximum Gasteiger partial charge on any atom is 0.404 e. The molecule has 0 saturated carbocycles. The summed E-state index contributed by atoms with van der Waals surface area (Å²) in [4.78, 5) is 24.4. The van der Waals surface area contributed by atoms with Crippen LogP contribution >= 0.6 is 0 Å². The van der Waals surface area contributed by atoms with Crippen LogP contribution in [-0.4, -0.2) is 40.0 Å². The van der Waals surface area contributed by atoms with Gasteiger partial charge in [0, 0.05) is 36.8 Å². The molecule has 3 rings (SSSR count). The monoisotopic (exact) mass is 327 g/mol. The third-order valence-corrected chi connectivity index (χ3v) is 3.69. The number of carboxylic acid groups (broad SMARTS) is 1. The minimum Gasteiger partial charge on any atom is -0.465 e. The van der Waals surface area contributed by atoms with Crippen molar-refractivity contribution in [3.05, 3.63) is 48.2 Å². The molecule has 0 radical (unpaired) electrons. The van der Waals surface area contributed by atoms with Gasteiger partial charge in [-0.2, -0.15) is 5.10 Å². The first-order chi connectivity index (χ1) is 11.6. The van der Waals surface area contributed by atoms with Gasteiger partial charge in [0.2, 0.25) is 5.91 Å². The zero-order valence-electron chi connectivity index (χ0n) is 12.8. The molecule has 8 nitrogen and oxygen atoms in total. The maximum absolute atomic E-state index is 12.3. The molecule has 2 amide bonds. The number of rotatable bonds is 4. The van der Waals surface area contributed by atoms with Gasteiger partial charge in [-0.05, 0) is 18.2 Å². The quantitative estimate of drug-likeness (QED) is 0.734. The molecule has 1 aliphatic heterocycles. The summed E-state index contributed by atoms with van der Waals surface area (Å²) in [5.74, 6) is 0.476. The first-order valence-electron chi connectivity index (χ1n) is 7.44. The van der Waals surface area contributed by atoms with Gasteiger partial charge in [-0.25, -0.2) is 9.48 Å². The molecule has 124 valence electrons. The molecule has 0 saturated heterocycles. The lowest BCUT2D eigenvalue weighted by atomic mass is 10.1. The number of nitrogens with two attached hydrogens (primary N) is 1. The van der Waals surface area contributed by atoms with Crippen molar-refractivity contribution in [1.82, 2.24) is 15.1 Å². The molecule has 0 spiro atoms. The minimum atomic E-state index is -1.14. The van der Waals surface area contributed by atoms with Crippen LogP contribution in [0.5, 0.6) is 0 Å². The average Bonchev–Trinajstić information content (AvgIpc) is 3.03. The Morgan fingerprint density at radius 3 is 2.92 bits per heavy atom. The molecular formula is C16H17N5O3. The summed E-state index contributed by atoms with van der Waals surface area (Å²) in [5.41, 5.74) is 8.26. The lowest BCUT2D eigenvalue weighted by Gasteiger charge is -2.27. The number of anilines is 2. The zero-order valence-corrected chi connectivity index (χ0v) is 12.8. The second-order valence-corrected chi connectivity index (χ2v) is 5.30. The van der Waals surface area contributed by atoms with E-state index in [0.717, 1.165) is 11.3 Å². The van der Waals surface area contributed by atoms with E-state index in [2.05, 4.69) is 10.4 Å². The topological polar surface area (TPSA) is 113 Å². The average molecular weight is 327 g/mol. The Hall–Kier alpha value is -3.29. The Morgan fingerprint density at radius 2 is 2.17 bits per heavy atom. The first-order valence-corrected chi connectivity index (χ1v) is 7.44. The van der Waals surface area contributed by atoms with E-state index in [1.165, 1.54) is 0 Å². The van der Waals surface area contributed by atoms with Crippen LogP contribution in [0.3, 0.4) is 0 Å². The molecule has 0 fully saturated rings. The summed E-state index contributed by atoms with van der Waals surface area (Å²) in [5, 5.41) is 15.1. The summed E-state index contributed by atoms with van der Waals surface area (Å²) in [7, 11) is 0. The standard InChI is InChI=1S/C16H17N5O3/c17-12-3-1-2-11(10-12)13-6-9-20(14-4-8-19-21(13)14)15(22)5-7-18-16(23)24/h1-4,6,8,10,18H,5,7,9,17H2,(H,23,24). The van der Waals surface area contributed by atoms with Crippen LogP contribution in [0.4, 0.5) is 16.3 Å². The van der Waals surface area contributed by atoms with Crippen molar-refractivity contribution in [2.45, 2.75) is 6.42 Å². The largest absolute Gasteiger partial charge is 0.465 e. The van der Waals surface area contributed by atoms with Crippen LogP contribution in [0.25, 0.3) is 5.70 Å². The van der Waals surface area contributed by atoms with E-state index in [4.69, 9.17) is 10.8 Å². The van der Waals surface area contributed by atoms with Gasteiger partial charge in [0.25, 0.3) is 0 Å². The highest BCUT2D eigenvalue weighted by Gasteiger charge is 2.24. The molecule has 24 heavy (non-hydrogen) atoms. The highest BCUT2D eigenvalue weighted by atomic mass is 16.4. The van der Waals surface area contributed by atoms with E-state index in [1.807, 2.05) is 30.3 Å². The molecule has 0 unspecified atom stereocenters. The van der Waals surface area contributed by atoms with Crippen LogP contribution in [-0.2, 0) is 4.79 Å². The number of hydrogen-bond acceptors (Lipinski definition) is 4. The Morgan fingerprint density at radius 1 is 1.33 bits per heavy atom. The number of carbonyl (C=O) groups is 2. The lowest BCUT2D eigenvalue weighted by molar-refractivity contribution is -0.118. The molecule has 0 aliphatic carbocycles. The van der Waals surface area contributed by atoms with Crippen LogP contribution in [0.15, 0.2) is 42.6 Å². The van der Waals surface area contributed by atoms with Gasteiger partial charge in [0.1, 0.15) is 5.82 Å². The van der Waals surface area contributed by atoms with Crippen molar-refractivity contribution in [3.8, 4) is 0 Å². The molecule has 4 N–H and O–H groups in total. The van der Waals surface area contributed by atoms with Crippen LogP contribution < -0.4 is 16.0 Å². The number of amides is 2. The SMILES string of the molecule is Nc1cccc(C2=CCN(C(=O)CCNC(=O)O)c3ccnn32)c1. The molecular weight excluding hydrogens is 310 g/mol. The molecule has 1 aromatic carbocycles. The Labute approximate surface area is 138 Å². The number of benzene rings is 1. The predicted octanol–water partition coefficient (Wildman–Crippen LogP) is 1.36. The zero-order chi connectivity index (χ0) is 17.1. The third kappa shape index (κ3) is 3.07. The van der Waals surface area contributed by atoms with Crippen molar-refractivity contribution >= 4 is 29.2 Å². The Kier molecular flexibility index (Phi) is 4.19. The summed E-state index contributed by atoms with van der Waals surface area (Å²) in [6, 6.07) is 9.21. The van der Waals surface area contributed by atoms with Crippen LogP contribution in [0.2, 0.25) is 0 Å². The fourth-order valence-electron chi connectivity index (χ4n) is 2.62. The number of carbonyl (C=O) groups excluding carboxylic acids is 1. The molecule has 1 aliphatic rings. The van der Waals surface area contributed by atoms with Gasteiger partial charge in [0.05, 0.1) is 11.9 Å². The summed E-state index contributed by atoms with van der Waals surface area (Å²) in [6.07, 6.45) is 2.46. The molecule has 0 bridgehead atoms.